The van der Waals surface area contributed by atoms with Crippen molar-refractivity contribution in [2.45, 2.75) is 4.90 Å². The Morgan fingerprint density at radius 2 is 1.44 bits per heavy atom. The topological polar surface area (TPSA) is 54.4 Å². The number of Topliss-reactive ketones (excluding diaryl/α,β-unsaturated/α-hetero) is 1. The van der Waals surface area contributed by atoms with Crippen molar-refractivity contribution in [1.29, 1.82) is 0 Å². The minimum Gasteiger partial charge on any atom is -0.508 e. The van der Waals surface area contributed by atoms with Crippen LogP contribution in [0.2, 0.25) is 0 Å². The molecular formula is C21H14O3S. The van der Waals surface area contributed by atoms with Crippen LogP contribution in [0.4, 0.5) is 0 Å². The Bertz CT molecular complexity index is 1020. The Kier molecular flexibility index (Phi) is 3.82. The fraction of sp³-hybridized carbons (Fsp3) is 0. The van der Waals surface area contributed by atoms with Crippen LogP contribution < -0.4 is 0 Å². The summed E-state index contributed by atoms with van der Waals surface area (Å²) in [6.45, 7) is 0. The first-order valence-electron chi connectivity index (χ1n) is 7.81. The molecule has 1 atom stereocenters. The second-order valence-corrected chi connectivity index (χ2v) is 7.10. The van der Waals surface area contributed by atoms with E-state index in [-0.39, 0.29) is 16.4 Å². The lowest BCUT2D eigenvalue weighted by atomic mass is 9.95. The second kappa shape index (κ2) is 6.15. The Labute approximate surface area is 147 Å². The van der Waals surface area contributed by atoms with Gasteiger partial charge >= 0.3 is 0 Å². The van der Waals surface area contributed by atoms with Crippen LogP contribution in [0, 0.1) is 0 Å². The number of hydrogen-bond acceptors (Lipinski definition) is 3. The number of hydrogen-bond donors (Lipinski definition) is 1. The number of phenolic OH excluding ortho intramolecular Hbond substituents is 1. The summed E-state index contributed by atoms with van der Waals surface area (Å²) >= 11 is 0. The van der Waals surface area contributed by atoms with Gasteiger partial charge in [-0.2, -0.15) is 0 Å². The van der Waals surface area contributed by atoms with Gasteiger partial charge in [-0.1, -0.05) is 48.5 Å². The van der Waals surface area contributed by atoms with Gasteiger partial charge in [-0.3, -0.25) is 4.79 Å². The molecule has 0 spiro atoms. The van der Waals surface area contributed by atoms with E-state index < -0.39 is 10.8 Å². The first kappa shape index (κ1) is 15.5. The van der Waals surface area contributed by atoms with Gasteiger partial charge in [0, 0.05) is 16.7 Å². The molecule has 1 aliphatic rings. The molecule has 1 N–H and O–H groups in total. The van der Waals surface area contributed by atoms with Crippen LogP contribution in [-0.4, -0.2) is 15.1 Å². The first-order valence-corrected chi connectivity index (χ1v) is 8.96. The molecular weight excluding hydrogens is 332 g/mol. The summed E-state index contributed by atoms with van der Waals surface area (Å²) in [5, 5.41) is 9.44. The van der Waals surface area contributed by atoms with E-state index in [4.69, 9.17) is 0 Å². The van der Waals surface area contributed by atoms with Crippen LogP contribution in [0.25, 0.3) is 5.57 Å². The number of carbonyl (C=O) groups is 1. The number of ketones is 1. The average Bonchev–Trinajstić information content (AvgIpc) is 2.95. The van der Waals surface area contributed by atoms with Gasteiger partial charge in [-0.15, -0.1) is 0 Å². The number of allylic oxidation sites excluding steroid dienone is 1. The van der Waals surface area contributed by atoms with Crippen molar-refractivity contribution in [2.24, 2.45) is 0 Å². The van der Waals surface area contributed by atoms with E-state index in [0.717, 1.165) is 11.1 Å². The predicted molar refractivity (Wildman–Crippen MR) is 97.8 cm³/mol. The number of rotatable bonds is 3. The fourth-order valence-electron chi connectivity index (χ4n) is 2.99. The molecule has 1 unspecified atom stereocenters. The maximum atomic E-state index is 13.1. The number of carbonyl (C=O) groups excluding carboxylic acids is 1. The van der Waals surface area contributed by atoms with Crippen LogP contribution in [0.15, 0.2) is 88.7 Å². The Morgan fingerprint density at radius 3 is 2.16 bits per heavy atom. The van der Waals surface area contributed by atoms with E-state index in [1.165, 1.54) is 12.1 Å². The highest BCUT2D eigenvalue weighted by atomic mass is 32.2. The third-order valence-corrected chi connectivity index (χ3v) is 5.68. The van der Waals surface area contributed by atoms with Gasteiger partial charge in [0.15, 0.2) is 0 Å². The SMILES string of the molecule is O=C(C1=C(c2ccccc2)c2ccccc2S1=O)c1ccc(O)cc1. The van der Waals surface area contributed by atoms with Crippen molar-refractivity contribution in [3.8, 4) is 5.75 Å². The summed E-state index contributed by atoms with van der Waals surface area (Å²) in [5.41, 5.74) is 2.81. The summed E-state index contributed by atoms with van der Waals surface area (Å²) in [4.78, 5) is 14.0. The predicted octanol–water partition coefficient (Wildman–Crippen LogP) is 4.16. The van der Waals surface area contributed by atoms with Crippen molar-refractivity contribution in [1.82, 2.24) is 0 Å². The molecule has 25 heavy (non-hydrogen) atoms. The van der Waals surface area contributed by atoms with Crippen LogP contribution in [0.1, 0.15) is 21.5 Å². The summed E-state index contributed by atoms with van der Waals surface area (Å²) in [6, 6.07) is 23.0. The lowest BCUT2D eigenvalue weighted by Crippen LogP contribution is -2.07. The average molecular weight is 346 g/mol. The molecule has 0 bridgehead atoms. The molecule has 0 aliphatic carbocycles. The van der Waals surface area contributed by atoms with Gasteiger partial charge in [-0.05, 0) is 35.9 Å². The summed E-state index contributed by atoms with van der Waals surface area (Å²) in [5.74, 6) is -0.196. The van der Waals surface area contributed by atoms with Gasteiger partial charge in [0.05, 0.1) is 15.7 Å². The molecule has 1 heterocycles. The van der Waals surface area contributed by atoms with Crippen LogP contribution >= 0.6 is 0 Å². The van der Waals surface area contributed by atoms with Gasteiger partial charge < -0.3 is 5.11 Å². The highest BCUT2D eigenvalue weighted by molar-refractivity contribution is 7.90. The zero-order valence-corrected chi connectivity index (χ0v) is 14.0. The molecule has 0 radical (unpaired) electrons. The lowest BCUT2D eigenvalue weighted by Gasteiger charge is -2.07. The molecule has 0 amide bonds. The molecule has 0 fully saturated rings. The lowest BCUT2D eigenvalue weighted by molar-refractivity contribution is 0.104. The third kappa shape index (κ3) is 2.61. The highest BCUT2D eigenvalue weighted by Crippen LogP contribution is 2.41. The molecule has 3 aromatic carbocycles. The number of benzene rings is 3. The zero-order valence-electron chi connectivity index (χ0n) is 13.2. The number of aromatic hydroxyl groups is 1. The normalized spacial score (nSPS) is 15.9. The Hall–Kier alpha value is -2.98. The molecule has 4 rings (SSSR count). The van der Waals surface area contributed by atoms with E-state index >= 15 is 0 Å². The van der Waals surface area contributed by atoms with Crippen molar-refractivity contribution in [2.75, 3.05) is 0 Å². The van der Waals surface area contributed by atoms with E-state index in [0.29, 0.717) is 16.0 Å². The van der Waals surface area contributed by atoms with Crippen molar-refractivity contribution >= 4 is 22.2 Å². The fourth-order valence-corrected chi connectivity index (χ4v) is 4.48. The molecule has 0 aromatic heterocycles. The maximum absolute atomic E-state index is 13.1. The minimum absolute atomic E-state index is 0.0876. The monoisotopic (exact) mass is 346 g/mol. The van der Waals surface area contributed by atoms with Crippen molar-refractivity contribution in [3.63, 3.8) is 0 Å². The van der Waals surface area contributed by atoms with Crippen molar-refractivity contribution < 1.29 is 14.1 Å². The van der Waals surface area contributed by atoms with E-state index in [9.17, 15) is 14.1 Å². The minimum atomic E-state index is -1.53. The molecule has 0 saturated heterocycles. The van der Waals surface area contributed by atoms with E-state index in [1.807, 2.05) is 48.5 Å². The van der Waals surface area contributed by atoms with E-state index in [2.05, 4.69) is 0 Å². The molecule has 1 aliphatic heterocycles. The highest BCUT2D eigenvalue weighted by Gasteiger charge is 2.33. The van der Waals surface area contributed by atoms with E-state index in [1.54, 1.807) is 18.2 Å². The standard InChI is InChI=1S/C21H14O3S/c22-16-12-10-15(11-13-16)20(23)21-19(14-6-2-1-3-7-14)17-8-4-5-9-18(17)25(21)24/h1-13,22H. The van der Waals surface area contributed by atoms with Crippen LogP contribution in [-0.2, 0) is 10.8 Å². The molecule has 4 heteroatoms. The van der Waals surface area contributed by atoms with Gasteiger partial charge in [0.25, 0.3) is 0 Å². The molecule has 0 saturated carbocycles. The smallest absolute Gasteiger partial charge is 0.202 e. The molecule has 3 aromatic rings. The van der Waals surface area contributed by atoms with Crippen LogP contribution in [0.5, 0.6) is 5.75 Å². The Balaban J connectivity index is 1.95. The zero-order chi connectivity index (χ0) is 17.4. The third-order valence-electron chi connectivity index (χ3n) is 4.17. The van der Waals surface area contributed by atoms with Gasteiger partial charge in [0.2, 0.25) is 5.78 Å². The van der Waals surface area contributed by atoms with Gasteiger partial charge in [0.1, 0.15) is 10.7 Å². The summed E-state index contributed by atoms with van der Waals surface area (Å²) in [7, 11) is -1.53. The largest absolute Gasteiger partial charge is 0.508 e. The molecule has 122 valence electrons. The second-order valence-electron chi connectivity index (χ2n) is 5.71. The van der Waals surface area contributed by atoms with Crippen molar-refractivity contribution in [3.05, 3.63) is 100 Å². The van der Waals surface area contributed by atoms with Crippen LogP contribution in [0.3, 0.4) is 0 Å². The summed E-state index contributed by atoms with van der Waals surface area (Å²) in [6.07, 6.45) is 0. The molecule has 3 nitrogen and oxygen atoms in total. The Morgan fingerprint density at radius 1 is 0.800 bits per heavy atom. The first-order chi connectivity index (χ1) is 12.2. The number of phenols is 1. The maximum Gasteiger partial charge on any atom is 0.202 e. The van der Waals surface area contributed by atoms with Gasteiger partial charge in [-0.25, -0.2) is 4.21 Å². The number of fused-ring (bicyclic) bond motifs is 1. The summed E-state index contributed by atoms with van der Waals surface area (Å²) < 4.78 is 13.0. The quantitative estimate of drug-likeness (QED) is 0.725.